The van der Waals surface area contributed by atoms with Crippen molar-refractivity contribution in [3.8, 4) is 0 Å². The number of nitrogens with one attached hydrogen (secondary N) is 1. The molecule has 4 unspecified atom stereocenters. The fourth-order valence-electron chi connectivity index (χ4n) is 2.50. The lowest BCUT2D eigenvalue weighted by molar-refractivity contribution is -0.148. The Morgan fingerprint density at radius 1 is 1.45 bits per heavy atom. The maximum Gasteiger partial charge on any atom is 0.302 e. The van der Waals surface area contributed by atoms with Gasteiger partial charge in [0.2, 0.25) is 5.91 Å². The van der Waals surface area contributed by atoms with Crippen LogP contribution in [0.5, 0.6) is 0 Å². The maximum absolute atomic E-state index is 11.2. The Balaban J connectivity index is 2.23. The molecule has 0 radical (unpaired) electrons. The van der Waals surface area contributed by atoms with E-state index in [-0.39, 0.29) is 18.9 Å². The molecule has 0 aromatic rings. The summed E-state index contributed by atoms with van der Waals surface area (Å²) in [5.74, 6) is -0.720. The van der Waals surface area contributed by atoms with Crippen LogP contribution in [0.2, 0.25) is 0 Å². The minimum Gasteiger partial charge on any atom is -0.462 e. The van der Waals surface area contributed by atoms with E-state index >= 15 is 0 Å². The van der Waals surface area contributed by atoms with Crippen LogP contribution in [-0.4, -0.2) is 49.1 Å². The molecule has 9 heteroatoms. The average Bonchev–Trinajstić information content (AvgIpc) is 2.77. The number of carbonyl (C=O) groups excluding carboxylic acids is 2. The largest absolute Gasteiger partial charge is 0.462 e. The maximum atomic E-state index is 11.2. The van der Waals surface area contributed by atoms with Crippen molar-refractivity contribution >= 4 is 11.9 Å². The highest BCUT2D eigenvalue weighted by Gasteiger charge is 2.46. The van der Waals surface area contributed by atoms with E-state index in [1.165, 1.54) is 13.8 Å². The number of azide groups is 1. The monoisotopic (exact) mass is 284 g/mol. The molecule has 2 saturated heterocycles. The molecule has 0 aromatic carbocycles. The van der Waals surface area contributed by atoms with Crippen LogP contribution in [0, 0.1) is 0 Å². The molecule has 2 aliphatic rings. The highest BCUT2D eigenvalue weighted by molar-refractivity contribution is 5.73. The molecule has 9 nitrogen and oxygen atoms in total. The topological polar surface area (TPSA) is 123 Å². The van der Waals surface area contributed by atoms with Gasteiger partial charge in [-0.05, 0) is 5.53 Å². The molecule has 0 saturated carbocycles. The number of rotatable bonds is 3. The Kier molecular flexibility index (Phi) is 4.43. The van der Waals surface area contributed by atoms with Crippen LogP contribution in [0.3, 0.4) is 0 Å². The third-order valence-corrected chi connectivity index (χ3v) is 3.20. The van der Waals surface area contributed by atoms with Gasteiger partial charge in [0.1, 0.15) is 12.1 Å². The van der Waals surface area contributed by atoms with Crippen LogP contribution >= 0.6 is 0 Å². The second-order valence-electron chi connectivity index (χ2n) is 4.76. The summed E-state index contributed by atoms with van der Waals surface area (Å²) in [6, 6.07) is -1.13. The summed E-state index contributed by atoms with van der Waals surface area (Å²) in [5.41, 5.74) is 8.65. The second-order valence-corrected chi connectivity index (χ2v) is 4.76. The van der Waals surface area contributed by atoms with Crippen molar-refractivity contribution < 1.29 is 23.8 Å². The molecule has 0 spiro atoms. The SMILES string of the molecule is CC(=O)NC1CC(OC(C)=O)C(N=[N+]=[N-])C2CO[C@@H]1O2. The molecular formula is C11H16N4O5. The first-order valence-corrected chi connectivity index (χ1v) is 6.27. The molecule has 2 aliphatic heterocycles. The third-order valence-electron chi connectivity index (χ3n) is 3.20. The zero-order valence-corrected chi connectivity index (χ0v) is 11.2. The summed E-state index contributed by atoms with van der Waals surface area (Å²) in [5, 5.41) is 6.36. The predicted octanol–water partition coefficient (Wildman–Crippen LogP) is 0.247. The van der Waals surface area contributed by atoms with Gasteiger partial charge in [-0.3, -0.25) is 9.59 Å². The fraction of sp³-hybridized carbons (Fsp3) is 0.818. The van der Waals surface area contributed by atoms with Crippen molar-refractivity contribution in [1.82, 2.24) is 5.32 Å². The van der Waals surface area contributed by atoms with Gasteiger partial charge in [0.15, 0.2) is 6.29 Å². The highest BCUT2D eigenvalue weighted by atomic mass is 16.7. The van der Waals surface area contributed by atoms with Crippen LogP contribution in [0.25, 0.3) is 10.4 Å². The molecule has 2 heterocycles. The minimum atomic E-state index is -0.673. The first kappa shape index (κ1) is 14.6. The third kappa shape index (κ3) is 3.19. The molecule has 0 aromatic heterocycles. The van der Waals surface area contributed by atoms with Gasteiger partial charge in [0, 0.05) is 25.2 Å². The molecule has 2 bridgehead atoms. The zero-order chi connectivity index (χ0) is 14.7. The Bertz CT molecular complexity index is 450. The number of hydrogen-bond acceptors (Lipinski definition) is 6. The average molecular weight is 284 g/mol. The van der Waals surface area contributed by atoms with E-state index in [1.54, 1.807) is 0 Å². The molecule has 0 aliphatic carbocycles. The number of hydrogen-bond donors (Lipinski definition) is 1. The smallest absolute Gasteiger partial charge is 0.302 e. The number of esters is 1. The summed E-state index contributed by atoms with van der Waals surface area (Å²) in [6.45, 7) is 2.88. The van der Waals surface area contributed by atoms with E-state index in [9.17, 15) is 9.59 Å². The van der Waals surface area contributed by atoms with Crippen LogP contribution in [0.1, 0.15) is 20.3 Å². The van der Waals surface area contributed by atoms with Crippen LogP contribution in [0.15, 0.2) is 5.11 Å². The summed E-state index contributed by atoms with van der Waals surface area (Å²) in [4.78, 5) is 25.2. The first-order valence-electron chi connectivity index (χ1n) is 6.27. The van der Waals surface area contributed by atoms with Crippen molar-refractivity contribution in [3.05, 3.63) is 10.4 Å². The molecule has 20 heavy (non-hydrogen) atoms. The van der Waals surface area contributed by atoms with Gasteiger partial charge in [-0.2, -0.15) is 0 Å². The Morgan fingerprint density at radius 3 is 2.80 bits per heavy atom. The quantitative estimate of drug-likeness (QED) is 0.344. The van der Waals surface area contributed by atoms with Crippen molar-refractivity contribution in [1.29, 1.82) is 0 Å². The van der Waals surface area contributed by atoms with Crippen LogP contribution in [-0.2, 0) is 23.8 Å². The Morgan fingerprint density at radius 2 is 2.20 bits per heavy atom. The lowest BCUT2D eigenvalue weighted by atomic mass is 9.99. The lowest BCUT2D eigenvalue weighted by Crippen LogP contribution is -2.46. The molecule has 2 fully saturated rings. The molecule has 1 amide bonds. The highest BCUT2D eigenvalue weighted by Crippen LogP contribution is 2.30. The van der Waals surface area contributed by atoms with E-state index in [0.717, 1.165) is 0 Å². The fourth-order valence-corrected chi connectivity index (χ4v) is 2.50. The van der Waals surface area contributed by atoms with Gasteiger partial charge in [-0.15, -0.1) is 0 Å². The number of amides is 1. The molecule has 2 rings (SSSR count). The van der Waals surface area contributed by atoms with E-state index in [2.05, 4.69) is 15.3 Å². The molecule has 5 atom stereocenters. The number of ether oxygens (including phenoxy) is 3. The van der Waals surface area contributed by atoms with Gasteiger partial charge < -0.3 is 19.5 Å². The molecule has 110 valence electrons. The Hall–Kier alpha value is -1.83. The minimum absolute atomic E-state index is 0.224. The van der Waals surface area contributed by atoms with Gasteiger partial charge in [-0.25, -0.2) is 0 Å². The number of carbonyl (C=O) groups is 2. The van der Waals surface area contributed by atoms with E-state index in [4.69, 9.17) is 19.7 Å². The van der Waals surface area contributed by atoms with Gasteiger partial charge in [0.05, 0.1) is 18.8 Å². The molecular weight excluding hydrogens is 268 g/mol. The predicted molar refractivity (Wildman–Crippen MR) is 65.3 cm³/mol. The van der Waals surface area contributed by atoms with Crippen molar-refractivity contribution in [2.75, 3.05) is 6.61 Å². The normalized spacial score (nSPS) is 35.6. The zero-order valence-electron chi connectivity index (χ0n) is 11.2. The number of nitrogens with zero attached hydrogens (tertiary/aromatic N) is 3. The van der Waals surface area contributed by atoms with Crippen LogP contribution in [0.4, 0.5) is 0 Å². The van der Waals surface area contributed by atoms with Gasteiger partial charge in [0.25, 0.3) is 0 Å². The lowest BCUT2D eigenvalue weighted by Gasteiger charge is -2.28. The van der Waals surface area contributed by atoms with Crippen molar-refractivity contribution in [3.63, 3.8) is 0 Å². The summed E-state index contributed by atoms with van der Waals surface area (Å²) < 4.78 is 16.3. The van der Waals surface area contributed by atoms with Crippen molar-refractivity contribution in [2.24, 2.45) is 5.11 Å². The van der Waals surface area contributed by atoms with E-state index in [1.807, 2.05) is 0 Å². The summed E-state index contributed by atoms with van der Waals surface area (Å²) >= 11 is 0. The van der Waals surface area contributed by atoms with E-state index in [0.29, 0.717) is 0 Å². The summed E-state index contributed by atoms with van der Waals surface area (Å²) in [6.07, 6.45) is -1.50. The summed E-state index contributed by atoms with van der Waals surface area (Å²) in [7, 11) is 0. The van der Waals surface area contributed by atoms with Gasteiger partial charge >= 0.3 is 5.97 Å². The number of fused-ring (bicyclic) bond motifs is 2. The Labute approximate surface area is 115 Å². The van der Waals surface area contributed by atoms with Gasteiger partial charge in [-0.1, -0.05) is 5.11 Å². The first-order chi connectivity index (χ1) is 9.51. The second kappa shape index (κ2) is 6.08. The standard InChI is InChI=1S/C11H16N4O5/c1-5(16)13-7-3-8(19-6(2)17)10(14-15-12)9-4-18-11(7)20-9/h7-11H,3-4H2,1-2H3,(H,13,16)/t7?,8?,9?,10?,11-/m1/s1. The van der Waals surface area contributed by atoms with E-state index < -0.39 is 36.6 Å². The molecule has 1 N–H and O–H groups in total. The van der Waals surface area contributed by atoms with Crippen LogP contribution < -0.4 is 5.32 Å². The van der Waals surface area contributed by atoms with Crippen molar-refractivity contribution in [2.45, 2.75) is 50.8 Å².